The molecule has 2 amide bonds. The topological polar surface area (TPSA) is 90.3 Å². The number of nitriles is 1. The largest absolute Gasteiger partial charge is 0.352 e. The minimum atomic E-state index is -1.32. The third-order valence-electron chi connectivity index (χ3n) is 4.24. The Labute approximate surface area is 147 Å². The van der Waals surface area contributed by atoms with E-state index in [0.717, 1.165) is 0 Å². The SMILES string of the molecule is CC(C)NC(=O)[C@H](C#N)C(=O)[C@H]1CCCN(C(=O)c2ccccc2)C1. The molecule has 1 N–H and O–H groups in total. The lowest BCUT2D eigenvalue weighted by Crippen LogP contribution is -2.46. The fourth-order valence-corrected chi connectivity index (χ4v) is 3.01. The lowest BCUT2D eigenvalue weighted by molar-refractivity contribution is -0.134. The van der Waals surface area contributed by atoms with E-state index in [-0.39, 0.29) is 18.5 Å². The lowest BCUT2D eigenvalue weighted by atomic mass is 9.86. The number of likely N-dealkylation sites (tertiary alicyclic amines) is 1. The second-order valence-electron chi connectivity index (χ2n) is 6.58. The van der Waals surface area contributed by atoms with Crippen molar-refractivity contribution in [3.63, 3.8) is 0 Å². The molecule has 1 aromatic carbocycles. The van der Waals surface area contributed by atoms with Gasteiger partial charge in [0.15, 0.2) is 11.7 Å². The summed E-state index contributed by atoms with van der Waals surface area (Å²) in [6.45, 7) is 4.38. The third kappa shape index (κ3) is 4.66. The molecule has 6 heteroatoms. The van der Waals surface area contributed by atoms with Crippen molar-refractivity contribution < 1.29 is 14.4 Å². The van der Waals surface area contributed by atoms with Gasteiger partial charge in [0, 0.05) is 30.6 Å². The number of amides is 2. The molecule has 0 aliphatic carbocycles. The number of nitrogens with one attached hydrogen (secondary N) is 1. The molecular weight excluding hydrogens is 318 g/mol. The standard InChI is InChI=1S/C19H23N3O3/c1-13(2)21-18(24)16(11-20)17(23)15-9-6-10-22(12-15)19(25)14-7-4-3-5-8-14/h3-5,7-8,13,15-16H,6,9-10,12H2,1-2H3,(H,21,24)/t15-,16+/m0/s1. The van der Waals surface area contributed by atoms with Gasteiger partial charge in [-0.3, -0.25) is 14.4 Å². The Balaban J connectivity index is 2.07. The second-order valence-corrected chi connectivity index (χ2v) is 6.58. The summed E-state index contributed by atoms with van der Waals surface area (Å²) in [4.78, 5) is 38.9. The highest BCUT2D eigenvalue weighted by Gasteiger charge is 2.36. The average molecular weight is 341 g/mol. The van der Waals surface area contributed by atoms with Crippen molar-refractivity contribution in [2.75, 3.05) is 13.1 Å². The molecule has 2 rings (SSSR count). The summed E-state index contributed by atoms with van der Waals surface area (Å²) < 4.78 is 0. The number of piperidine rings is 1. The van der Waals surface area contributed by atoms with Crippen LogP contribution in [0.3, 0.4) is 0 Å². The van der Waals surface area contributed by atoms with Crippen LogP contribution in [0.15, 0.2) is 30.3 Å². The van der Waals surface area contributed by atoms with Gasteiger partial charge in [0.2, 0.25) is 5.91 Å². The van der Waals surface area contributed by atoms with Crippen molar-refractivity contribution in [1.29, 1.82) is 5.26 Å². The van der Waals surface area contributed by atoms with Gasteiger partial charge in [-0.1, -0.05) is 18.2 Å². The van der Waals surface area contributed by atoms with E-state index in [0.29, 0.717) is 24.9 Å². The molecule has 1 fully saturated rings. The van der Waals surface area contributed by atoms with Crippen LogP contribution in [0.1, 0.15) is 37.0 Å². The van der Waals surface area contributed by atoms with Gasteiger partial charge in [-0.2, -0.15) is 5.26 Å². The van der Waals surface area contributed by atoms with Gasteiger partial charge in [-0.05, 0) is 38.8 Å². The van der Waals surface area contributed by atoms with Crippen molar-refractivity contribution in [2.45, 2.75) is 32.7 Å². The minimum Gasteiger partial charge on any atom is -0.352 e. The first kappa shape index (κ1) is 18.7. The zero-order valence-electron chi connectivity index (χ0n) is 14.6. The molecule has 1 heterocycles. The van der Waals surface area contributed by atoms with Gasteiger partial charge in [0.25, 0.3) is 5.91 Å². The normalized spacial score (nSPS) is 18.3. The predicted octanol–water partition coefficient (Wildman–Crippen LogP) is 1.77. The number of carbonyl (C=O) groups is 3. The maximum Gasteiger partial charge on any atom is 0.253 e. The van der Waals surface area contributed by atoms with E-state index in [1.807, 2.05) is 12.1 Å². The summed E-state index contributed by atoms with van der Waals surface area (Å²) >= 11 is 0. The van der Waals surface area contributed by atoms with Gasteiger partial charge < -0.3 is 10.2 Å². The Kier molecular flexibility index (Phi) is 6.29. The Morgan fingerprint density at radius 2 is 1.92 bits per heavy atom. The highest BCUT2D eigenvalue weighted by molar-refractivity contribution is 6.05. The first-order chi connectivity index (χ1) is 11.9. The van der Waals surface area contributed by atoms with Crippen LogP contribution < -0.4 is 5.32 Å². The van der Waals surface area contributed by atoms with E-state index in [1.165, 1.54) is 0 Å². The molecule has 1 aliphatic rings. The van der Waals surface area contributed by atoms with E-state index >= 15 is 0 Å². The van der Waals surface area contributed by atoms with E-state index in [4.69, 9.17) is 0 Å². The molecule has 132 valence electrons. The van der Waals surface area contributed by atoms with Gasteiger partial charge in [0.05, 0.1) is 6.07 Å². The maximum absolute atomic E-state index is 12.6. The van der Waals surface area contributed by atoms with Crippen molar-refractivity contribution in [3.8, 4) is 6.07 Å². The molecule has 1 aromatic rings. The quantitative estimate of drug-likeness (QED) is 0.827. The zero-order chi connectivity index (χ0) is 18.4. The molecule has 0 saturated carbocycles. The summed E-state index contributed by atoms with van der Waals surface area (Å²) in [6, 6.07) is 10.6. The first-order valence-corrected chi connectivity index (χ1v) is 8.52. The first-order valence-electron chi connectivity index (χ1n) is 8.52. The molecule has 0 spiro atoms. The number of carbonyl (C=O) groups excluding carboxylic acids is 3. The molecule has 0 unspecified atom stereocenters. The van der Waals surface area contributed by atoms with Gasteiger partial charge in [0.1, 0.15) is 0 Å². The number of Topliss-reactive ketones (excluding diaryl/α,β-unsaturated/α-hetero) is 1. The van der Waals surface area contributed by atoms with Gasteiger partial charge in [-0.15, -0.1) is 0 Å². The molecular formula is C19H23N3O3. The van der Waals surface area contributed by atoms with E-state index < -0.39 is 23.5 Å². The number of benzene rings is 1. The number of hydrogen-bond acceptors (Lipinski definition) is 4. The van der Waals surface area contributed by atoms with Crippen LogP contribution in [-0.2, 0) is 9.59 Å². The van der Waals surface area contributed by atoms with Crippen LogP contribution in [0.25, 0.3) is 0 Å². The van der Waals surface area contributed by atoms with Crippen LogP contribution in [0.4, 0.5) is 0 Å². The highest BCUT2D eigenvalue weighted by atomic mass is 16.2. The van der Waals surface area contributed by atoms with Gasteiger partial charge in [-0.25, -0.2) is 0 Å². The molecule has 0 aromatic heterocycles. The van der Waals surface area contributed by atoms with E-state index in [9.17, 15) is 19.6 Å². The average Bonchev–Trinajstić information content (AvgIpc) is 2.62. The Morgan fingerprint density at radius 1 is 1.24 bits per heavy atom. The third-order valence-corrected chi connectivity index (χ3v) is 4.24. The van der Waals surface area contributed by atoms with Crippen molar-refractivity contribution in [2.24, 2.45) is 11.8 Å². The monoisotopic (exact) mass is 341 g/mol. The Hall–Kier alpha value is -2.68. The summed E-state index contributed by atoms with van der Waals surface area (Å²) in [5.74, 6) is -2.89. The van der Waals surface area contributed by atoms with E-state index in [1.54, 1.807) is 43.0 Å². The molecule has 0 radical (unpaired) electrons. The molecule has 25 heavy (non-hydrogen) atoms. The Morgan fingerprint density at radius 3 is 2.52 bits per heavy atom. The molecule has 6 nitrogen and oxygen atoms in total. The van der Waals surface area contributed by atoms with Gasteiger partial charge >= 0.3 is 0 Å². The van der Waals surface area contributed by atoms with Crippen LogP contribution in [0.5, 0.6) is 0 Å². The number of hydrogen-bond donors (Lipinski definition) is 1. The minimum absolute atomic E-state index is 0.127. The fraction of sp³-hybridized carbons (Fsp3) is 0.474. The predicted molar refractivity (Wildman–Crippen MR) is 92.5 cm³/mol. The molecule has 2 atom stereocenters. The van der Waals surface area contributed by atoms with Crippen molar-refractivity contribution in [1.82, 2.24) is 10.2 Å². The molecule has 1 saturated heterocycles. The summed E-state index contributed by atoms with van der Waals surface area (Å²) in [6.07, 6.45) is 1.27. The zero-order valence-corrected chi connectivity index (χ0v) is 14.6. The summed E-state index contributed by atoms with van der Waals surface area (Å²) in [5, 5.41) is 11.9. The van der Waals surface area contributed by atoms with Crippen molar-refractivity contribution >= 4 is 17.6 Å². The second kappa shape index (κ2) is 8.43. The fourth-order valence-electron chi connectivity index (χ4n) is 3.01. The summed E-state index contributed by atoms with van der Waals surface area (Å²) in [7, 11) is 0. The van der Waals surface area contributed by atoms with E-state index in [2.05, 4.69) is 5.32 Å². The van der Waals surface area contributed by atoms with Crippen LogP contribution >= 0.6 is 0 Å². The molecule has 1 aliphatic heterocycles. The summed E-state index contributed by atoms with van der Waals surface area (Å²) in [5.41, 5.74) is 0.574. The number of nitrogens with zero attached hydrogens (tertiary/aromatic N) is 2. The smallest absolute Gasteiger partial charge is 0.253 e. The highest BCUT2D eigenvalue weighted by Crippen LogP contribution is 2.22. The van der Waals surface area contributed by atoms with Crippen LogP contribution in [-0.4, -0.2) is 41.6 Å². The molecule has 0 bridgehead atoms. The van der Waals surface area contributed by atoms with Crippen molar-refractivity contribution in [3.05, 3.63) is 35.9 Å². The maximum atomic E-state index is 12.6. The lowest BCUT2D eigenvalue weighted by Gasteiger charge is -2.32. The Bertz CT molecular complexity index is 679. The number of ketones is 1. The van der Waals surface area contributed by atoms with Crippen LogP contribution in [0.2, 0.25) is 0 Å². The number of rotatable bonds is 5. The van der Waals surface area contributed by atoms with Crippen LogP contribution in [0, 0.1) is 23.2 Å².